The summed E-state index contributed by atoms with van der Waals surface area (Å²) in [5.41, 5.74) is 2.08. The molecule has 0 saturated heterocycles. The fraction of sp³-hybridized carbons (Fsp3) is 0.250. The van der Waals surface area contributed by atoms with Gasteiger partial charge in [0.1, 0.15) is 0 Å². The van der Waals surface area contributed by atoms with Crippen molar-refractivity contribution >= 4 is 33.2 Å². The predicted molar refractivity (Wildman–Crippen MR) is 90.6 cm³/mol. The second-order valence-corrected chi connectivity index (χ2v) is 5.66. The standard InChI is InChI=1S/C16H17BrClNO2/c1-3-21-16-8-11(4-7-15(16)20-2)10-19-12-5-6-13(17)14(18)9-12/h4-9,19H,3,10H2,1-2H3. The Morgan fingerprint density at radius 3 is 2.62 bits per heavy atom. The fourth-order valence-corrected chi connectivity index (χ4v) is 2.34. The highest BCUT2D eigenvalue weighted by molar-refractivity contribution is 9.10. The second kappa shape index (κ2) is 7.57. The number of hydrogen-bond donors (Lipinski definition) is 1. The zero-order valence-electron chi connectivity index (χ0n) is 12.0. The molecule has 0 heterocycles. The molecule has 21 heavy (non-hydrogen) atoms. The number of anilines is 1. The first kappa shape index (κ1) is 16.0. The van der Waals surface area contributed by atoms with E-state index < -0.39 is 0 Å². The van der Waals surface area contributed by atoms with Gasteiger partial charge in [-0.15, -0.1) is 0 Å². The van der Waals surface area contributed by atoms with E-state index in [9.17, 15) is 0 Å². The molecule has 0 fully saturated rings. The second-order valence-electron chi connectivity index (χ2n) is 4.40. The largest absolute Gasteiger partial charge is 0.493 e. The Morgan fingerprint density at radius 1 is 1.14 bits per heavy atom. The summed E-state index contributed by atoms with van der Waals surface area (Å²) in [6, 6.07) is 11.7. The van der Waals surface area contributed by atoms with Gasteiger partial charge in [-0.25, -0.2) is 0 Å². The van der Waals surface area contributed by atoms with Crippen LogP contribution in [0.25, 0.3) is 0 Å². The minimum absolute atomic E-state index is 0.607. The van der Waals surface area contributed by atoms with Crippen molar-refractivity contribution in [3.05, 3.63) is 51.5 Å². The molecule has 0 aliphatic rings. The van der Waals surface area contributed by atoms with Crippen LogP contribution in [0.4, 0.5) is 5.69 Å². The van der Waals surface area contributed by atoms with Crippen LogP contribution in [0, 0.1) is 0 Å². The maximum Gasteiger partial charge on any atom is 0.161 e. The lowest BCUT2D eigenvalue weighted by molar-refractivity contribution is 0.310. The highest BCUT2D eigenvalue weighted by Gasteiger charge is 2.05. The molecule has 3 nitrogen and oxygen atoms in total. The fourth-order valence-electron chi connectivity index (χ4n) is 1.91. The van der Waals surface area contributed by atoms with Crippen LogP contribution in [-0.4, -0.2) is 13.7 Å². The molecule has 0 radical (unpaired) electrons. The van der Waals surface area contributed by atoms with Crippen LogP contribution in [0.15, 0.2) is 40.9 Å². The third-order valence-electron chi connectivity index (χ3n) is 2.94. The molecule has 0 saturated carbocycles. The van der Waals surface area contributed by atoms with E-state index in [0.717, 1.165) is 27.2 Å². The van der Waals surface area contributed by atoms with E-state index in [1.165, 1.54) is 0 Å². The van der Waals surface area contributed by atoms with E-state index in [2.05, 4.69) is 21.2 Å². The summed E-state index contributed by atoms with van der Waals surface area (Å²) in [7, 11) is 1.64. The van der Waals surface area contributed by atoms with Gasteiger partial charge >= 0.3 is 0 Å². The predicted octanol–water partition coefficient (Wildman–Crippen LogP) is 5.12. The third-order valence-corrected chi connectivity index (χ3v) is 4.18. The van der Waals surface area contributed by atoms with Crippen LogP contribution in [0.3, 0.4) is 0 Å². The molecule has 0 unspecified atom stereocenters. The molecular weight excluding hydrogens is 354 g/mol. The van der Waals surface area contributed by atoms with Crippen LogP contribution in [-0.2, 0) is 6.54 Å². The Morgan fingerprint density at radius 2 is 1.95 bits per heavy atom. The summed E-state index contributed by atoms with van der Waals surface area (Å²) >= 11 is 9.46. The zero-order valence-corrected chi connectivity index (χ0v) is 14.3. The van der Waals surface area contributed by atoms with Crippen LogP contribution in [0.5, 0.6) is 11.5 Å². The molecule has 2 rings (SSSR count). The van der Waals surface area contributed by atoms with E-state index in [0.29, 0.717) is 18.2 Å². The molecule has 2 aromatic rings. The summed E-state index contributed by atoms with van der Waals surface area (Å²) in [6.07, 6.45) is 0. The molecule has 5 heteroatoms. The van der Waals surface area contributed by atoms with Crippen LogP contribution in [0.2, 0.25) is 5.02 Å². The number of ether oxygens (including phenoxy) is 2. The number of halogens is 2. The molecule has 0 aliphatic heterocycles. The van der Waals surface area contributed by atoms with E-state index in [1.807, 2.05) is 43.3 Å². The summed E-state index contributed by atoms with van der Waals surface area (Å²) in [6.45, 7) is 3.24. The number of nitrogens with one attached hydrogen (secondary N) is 1. The Hall–Kier alpha value is -1.39. The molecular formula is C16H17BrClNO2. The third kappa shape index (κ3) is 4.29. The van der Waals surface area contributed by atoms with Crippen molar-refractivity contribution in [1.82, 2.24) is 0 Å². The molecule has 0 spiro atoms. The lowest BCUT2D eigenvalue weighted by Gasteiger charge is -2.12. The molecule has 1 N–H and O–H groups in total. The van der Waals surface area contributed by atoms with Gasteiger partial charge in [0.2, 0.25) is 0 Å². The SMILES string of the molecule is CCOc1cc(CNc2ccc(Br)c(Cl)c2)ccc1OC. The van der Waals surface area contributed by atoms with Crippen molar-refractivity contribution in [3.8, 4) is 11.5 Å². The Kier molecular flexibility index (Phi) is 5.76. The average Bonchev–Trinajstić information content (AvgIpc) is 2.49. The van der Waals surface area contributed by atoms with Crippen molar-refractivity contribution in [2.75, 3.05) is 19.0 Å². The Balaban J connectivity index is 2.08. The molecule has 0 bridgehead atoms. The van der Waals surface area contributed by atoms with Crippen molar-refractivity contribution in [3.63, 3.8) is 0 Å². The van der Waals surface area contributed by atoms with Crippen molar-refractivity contribution < 1.29 is 9.47 Å². The first-order chi connectivity index (χ1) is 10.1. The molecule has 0 atom stereocenters. The van der Waals surface area contributed by atoms with Gasteiger partial charge < -0.3 is 14.8 Å². The average molecular weight is 371 g/mol. The van der Waals surface area contributed by atoms with E-state index >= 15 is 0 Å². The zero-order chi connectivity index (χ0) is 15.2. The first-order valence-corrected chi connectivity index (χ1v) is 7.79. The van der Waals surface area contributed by atoms with Gasteiger partial charge in [0, 0.05) is 16.7 Å². The van der Waals surface area contributed by atoms with Gasteiger partial charge in [-0.1, -0.05) is 17.7 Å². The highest BCUT2D eigenvalue weighted by Crippen LogP contribution is 2.29. The summed E-state index contributed by atoms with van der Waals surface area (Å²) in [5.74, 6) is 1.50. The van der Waals surface area contributed by atoms with E-state index in [4.69, 9.17) is 21.1 Å². The van der Waals surface area contributed by atoms with Crippen LogP contribution in [0.1, 0.15) is 12.5 Å². The van der Waals surface area contributed by atoms with Gasteiger partial charge in [0.25, 0.3) is 0 Å². The van der Waals surface area contributed by atoms with E-state index in [1.54, 1.807) is 7.11 Å². The Bertz CT molecular complexity index is 619. The van der Waals surface area contributed by atoms with Gasteiger partial charge in [-0.3, -0.25) is 0 Å². The highest BCUT2D eigenvalue weighted by atomic mass is 79.9. The first-order valence-electron chi connectivity index (χ1n) is 6.62. The number of hydrogen-bond acceptors (Lipinski definition) is 3. The maximum absolute atomic E-state index is 6.08. The summed E-state index contributed by atoms with van der Waals surface area (Å²) in [5, 5.41) is 4.02. The summed E-state index contributed by atoms with van der Waals surface area (Å²) in [4.78, 5) is 0. The lowest BCUT2D eigenvalue weighted by Crippen LogP contribution is -2.01. The molecule has 112 valence electrons. The monoisotopic (exact) mass is 369 g/mol. The molecule has 0 aromatic heterocycles. The lowest BCUT2D eigenvalue weighted by atomic mass is 10.2. The molecule has 0 aliphatic carbocycles. The quantitative estimate of drug-likeness (QED) is 0.765. The molecule has 0 amide bonds. The minimum Gasteiger partial charge on any atom is -0.493 e. The topological polar surface area (TPSA) is 30.5 Å². The smallest absolute Gasteiger partial charge is 0.161 e. The van der Waals surface area contributed by atoms with Gasteiger partial charge in [0.15, 0.2) is 11.5 Å². The van der Waals surface area contributed by atoms with Gasteiger partial charge in [-0.05, 0) is 58.7 Å². The van der Waals surface area contributed by atoms with Gasteiger partial charge in [0.05, 0.1) is 18.7 Å². The minimum atomic E-state index is 0.607. The maximum atomic E-state index is 6.08. The van der Waals surface area contributed by atoms with Gasteiger partial charge in [-0.2, -0.15) is 0 Å². The Labute approximate surface area is 138 Å². The summed E-state index contributed by atoms with van der Waals surface area (Å²) < 4.78 is 11.7. The van der Waals surface area contributed by atoms with Crippen LogP contribution >= 0.6 is 27.5 Å². The van der Waals surface area contributed by atoms with E-state index in [-0.39, 0.29) is 0 Å². The van der Waals surface area contributed by atoms with Crippen molar-refractivity contribution in [2.24, 2.45) is 0 Å². The number of rotatable bonds is 6. The number of benzene rings is 2. The van der Waals surface area contributed by atoms with Crippen molar-refractivity contribution in [1.29, 1.82) is 0 Å². The number of methoxy groups -OCH3 is 1. The van der Waals surface area contributed by atoms with Crippen molar-refractivity contribution in [2.45, 2.75) is 13.5 Å². The normalized spacial score (nSPS) is 10.3. The van der Waals surface area contributed by atoms with Crippen LogP contribution < -0.4 is 14.8 Å². The molecule has 2 aromatic carbocycles.